The molecule has 6 rings (SSSR count). The fourth-order valence-corrected chi connectivity index (χ4v) is 6.23. The Hall–Kier alpha value is -1.64. The Morgan fingerprint density at radius 3 is 1.85 bits per heavy atom. The number of likely N-dealkylation sites (tertiary alicyclic amines) is 1. The number of hydrogen-bond donors (Lipinski definition) is 1. The molecule has 2 aromatic rings. The van der Waals surface area contributed by atoms with Crippen molar-refractivity contribution in [3.05, 3.63) is 71.8 Å². The molecular weight excluding hydrogens is 328 g/mol. The van der Waals surface area contributed by atoms with Gasteiger partial charge in [0.2, 0.25) is 0 Å². The number of nitrogens with zero attached hydrogens (tertiary/aromatic N) is 1. The minimum atomic E-state index is 0.363. The normalized spacial score (nSPS) is 34.3. The van der Waals surface area contributed by atoms with Crippen molar-refractivity contribution in [2.45, 2.75) is 61.9 Å². The second kappa shape index (κ2) is 7.41. The molecule has 2 atom stereocenters. The van der Waals surface area contributed by atoms with Gasteiger partial charge in [0.1, 0.15) is 0 Å². The first kappa shape index (κ1) is 17.5. The van der Waals surface area contributed by atoms with E-state index in [1.54, 1.807) is 0 Å². The first-order valence-corrected chi connectivity index (χ1v) is 10.9. The summed E-state index contributed by atoms with van der Waals surface area (Å²) in [7, 11) is 0. The Labute approximate surface area is 164 Å². The lowest BCUT2D eigenvalue weighted by Gasteiger charge is -2.53. The molecule has 1 saturated carbocycles. The van der Waals surface area contributed by atoms with Gasteiger partial charge in [-0.15, -0.1) is 0 Å². The van der Waals surface area contributed by atoms with Crippen molar-refractivity contribution in [1.29, 1.82) is 0 Å². The topological polar surface area (TPSA) is 15.3 Å². The molecule has 142 valence electrons. The maximum atomic E-state index is 4.01. The molecule has 0 amide bonds. The van der Waals surface area contributed by atoms with Crippen molar-refractivity contribution in [3.63, 3.8) is 0 Å². The molecular formula is C25H32N2. The van der Waals surface area contributed by atoms with Crippen molar-refractivity contribution in [2.24, 2.45) is 0 Å². The third kappa shape index (κ3) is 3.23. The number of rotatable bonds is 3. The van der Waals surface area contributed by atoms with Crippen molar-refractivity contribution in [2.75, 3.05) is 19.6 Å². The largest absolute Gasteiger partial charge is 0.313 e. The van der Waals surface area contributed by atoms with Crippen LogP contribution in [0.3, 0.4) is 0 Å². The van der Waals surface area contributed by atoms with Crippen LogP contribution in [-0.4, -0.2) is 36.1 Å². The molecule has 2 aromatic carbocycles. The van der Waals surface area contributed by atoms with E-state index in [1.807, 2.05) is 0 Å². The van der Waals surface area contributed by atoms with E-state index in [-0.39, 0.29) is 0 Å². The molecule has 4 aliphatic rings. The Balaban J connectivity index is 1.57. The van der Waals surface area contributed by atoms with Crippen LogP contribution in [-0.2, 0) is 0 Å². The Morgan fingerprint density at radius 2 is 1.30 bits per heavy atom. The van der Waals surface area contributed by atoms with E-state index in [0.717, 1.165) is 6.54 Å². The second-order valence-corrected chi connectivity index (χ2v) is 8.94. The summed E-state index contributed by atoms with van der Waals surface area (Å²) in [5, 5.41) is 4.01. The maximum absolute atomic E-state index is 4.01. The molecule has 0 spiro atoms. The molecule has 1 aliphatic carbocycles. The summed E-state index contributed by atoms with van der Waals surface area (Å²) < 4.78 is 0. The van der Waals surface area contributed by atoms with E-state index in [2.05, 4.69) is 70.9 Å². The summed E-state index contributed by atoms with van der Waals surface area (Å²) in [4.78, 5) is 2.89. The molecule has 27 heavy (non-hydrogen) atoms. The van der Waals surface area contributed by atoms with E-state index in [9.17, 15) is 0 Å². The quantitative estimate of drug-likeness (QED) is 0.834. The molecule has 2 heteroatoms. The lowest BCUT2D eigenvalue weighted by molar-refractivity contribution is 0.0205. The first-order valence-electron chi connectivity index (χ1n) is 10.9. The van der Waals surface area contributed by atoms with E-state index < -0.39 is 0 Å². The minimum Gasteiger partial charge on any atom is -0.313 e. The van der Waals surface area contributed by atoms with Gasteiger partial charge in [-0.25, -0.2) is 0 Å². The predicted molar refractivity (Wildman–Crippen MR) is 112 cm³/mol. The van der Waals surface area contributed by atoms with Crippen LogP contribution in [0, 0.1) is 0 Å². The van der Waals surface area contributed by atoms with Gasteiger partial charge in [-0.05, 0) is 62.9 Å². The van der Waals surface area contributed by atoms with Crippen LogP contribution in [0.2, 0.25) is 0 Å². The molecule has 3 heterocycles. The van der Waals surface area contributed by atoms with Gasteiger partial charge in [0.25, 0.3) is 0 Å². The van der Waals surface area contributed by atoms with Gasteiger partial charge in [0, 0.05) is 23.4 Å². The van der Waals surface area contributed by atoms with Crippen molar-refractivity contribution >= 4 is 0 Å². The maximum Gasteiger partial charge on any atom is 0.0234 e. The highest BCUT2D eigenvalue weighted by molar-refractivity contribution is 5.32. The molecule has 3 saturated heterocycles. The minimum absolute atomic E-state index is 0.363. The van der Waals surface area contributed by atoms with Crippen molar-refractivity contribution in [1.82, 2.24) is 10.2 Å². The van der Waals surface area contributed by atoms with Crippen molar-refractivity contribution in [3.8, 4) is 0 Å². The Morgan fingerprint density at radius 1 is 0.741 bits per heavy atom. The molecule has 0 radical (unpaired) electrons. The van der Waals surface area contributed by atoms with E-state index in [4.69, 9.17) is 0 Å². The van der Waals surface area contributed by atoms with Gasteiger partial charge in [0.15, 0.2) is 0 Å². The number of benzene rings is 2. The highest BCUT2D eigenvalue weighted by Crippen LogP contribution is 2.52. The van der Waals surface area contributed by atoms with Gasteiger partial charge in [-0.1, -0.05) is 67.1 Å². The van der Waals surface area contributed by atoms with Crippen LogP contribution >= 0.6 is 0 Å². The summed E-state index contributed by atoms with van der Waals surface area (Å²) in [6.45, 7) is 3.76. The molecule has 3 aliphatic heterocycles. The summed E-state index contributed by atoms with van der Waals surface area (Å²) >= 11 is 0. The fourth-order valence-electron chi connectivity index (χ4n) is 6.23. The van der Waals surface area contributed by atoms with E-state index in [1.165, 1.54) is 62.7 Å². The zero-order valence-corrected chi connectivity index (χ0v) is 16.3. The smallest absolute Gasteiger partial charge is 0.0234 e. The molecule has 2 bridgehead atoms. The van der Waals surface area contributed by atoms with Crippen LogP contribution in [0.15, 0.2) is 60.7 Å². The lowest BCUT2D eigenvalue weighted by Crippen LogP contribution is -2.56. The van der Waals surface area contributed by atoms with E-state index >= 15 is 0 Å². The average Bonchev–Trinajstić information content (AvgIpc) is 3.07. The zero-order chi connectivity index (χ0) is 18.1. The Kier molecular flexibility index (Phi) is 4.79. The summed E-state index contributed by atoms with van der Waals surface area (Å²) in [5.41, 5.74) is 3.42. The summed E-state index contributed by atoms with van der Waals surface area (Å²) in [6.07, 6.45) is 8.11. The fraction of sp³-hybridized carbons (Fsp3) is 0.520. The van der Waals surface area contributed by atoms with Crippen LogP contribution in [0.25, 0.3) is 0 Å². The number of nitrogens with one attached hydrogen (secondary N) is 1. The molecule has 4 fully saturated rings. The third-order valence-electron chi connectivity index (χ3n) is 7.52. The highest BCUT2D eigenvalue weighted by Gasteiger charge is 2.51. The summed E-state index contributed by atoms with van der Waals surface area (Å²) in [6, 6.07) is 23.2. The van der Waals surface area contributed by atoms with Crippen LogP contribution in [0.1, 0.15) is 61.5 Å². The van der Waals surface area contributed by atoms with Crippen LogP contribution in [0.4, 0.5) is 0 Å². The van der Waals surface area contributed by atoms with E-state index in [0.29, 0.717) is 23.4 Å². The molecule has 0 aromatic heterocycles. The Bertz CT molecular complexity index is 686. The predicted octanol–water partition coefficient (Wildman–Crippen LogP) is 4.93. The van der Waals surface area contributed by atoms with Crippen molar-refractivity contribution < 1.29 is 0 Å². The van der Waals surface area contributed by atoms with Gasteiger partial charge in [0.05, 0.1) is 0 Å². The monoisotopic (exact) mass is 360 g/mol. The van der Waals surface area contributed by atoms with Gasteiger partial charge in [-0.2, -0.15) is 0 Å². The molecule has 1 N–H and O–H groups in total. The van der Waals surface area contributed by atoms with Gasteiger partial charge >= 0.3 is 0 Å². The number of hydrogen-bond acceptors (Lipinski definition) is 2. The van der Waals surface area contributed by atoms with Crippen LogP contribution < -0.4 is 5.32 Å². The average molecular weight is 361 g/mol. The number of piperidine rings is 1. The zero-order valence-electron chi connectivity index (χ0n) is 16.3. The third-order valence-corrected chi connectivity index (χ3v) is 7.52. The van der Waals surface area contributed by atoms with Gasteiger partial charge < -0.3 is 5.32 Å². The van der Waals surface area contributed by atoms with Crippen LogP contribution in [0.5, 0.6) is 0 Å². The number of fused-ring (bicyclic) bond motifs is 4. The first-order chi connectivity index (χ1) is 13.4. The second-order valence-electron chi connectivity index (χ2n) is 8.94. The molecule has 2 nitrogen and oxygen atoms in total. The summed E-state index contributed by atoms with van der Waals surface area (Å²) in [5.74, 6) is 1.21. The molecule has 2 unspecified atom stereocenters. The lowest BCUT2D eigenvalue weighted by atomic mass is 9.63. The van der Waals surface area contributed by atoms with Gasteiger partial charge in [-0.3, -0.25) is 4.90 Å². The SMILES string of the molecule is c1ccc(C2CC3(N4CCCCC4)CCNC2C(c2ccccc2)C3)cc1. The highest BCUT2D eigenvalue weighted by atomic mass is 15.2. The standard InChI is InChI=1S/C25H32N2/c1-4-10-20(11-5-1)22-18-25(27-16-8-3-9-17-27)14-15-26-24(22)23(19-25)21-12-6-2-7-13-21/h1-2,4-7,10-13,22-24,26H,3,8-9,14-19H2.